The van der Waals surface area contributed by atoms with Crippen LogP contribution < -0.4 is 5.32 Å². The molecular formula is C8H16N2O3S. The van der Waals surface area contributed by atoms with Crippen molar-refractivity contribution in [3.8, 4) is 0 Å². The number of nitrogens with one attached hydrogen (secondary N) is 1. The van der Waals surface area contributed by atoms with Crippen LogP contribution in [0.5, 0.6) is 0 Å². The van der Waals surface area contributed by atoms with Crippen molar-refractivity contribution in [3.63, 3.8) is 0 Å². The van der Waals surface area contributed by atoms with E-state index in [1.54, 1.807) is 0 Å². The number of hydrogen-bond donors (Lipinski definition) is 2. The zero-order valence-corrected chi connectivity index (χ0v) is 8.83. The van der Waals surface area contributed by atoms with Gasteiger partial charge < -0.3 is 10.4 Å². The molecule has 0 spiro atoms. The van der Waals surface area contributed by atoms with E-state index in [-0.39, 0.29) is 30.2 Å². The second kappa shape index (κ2) is 3.77. The Morgan fingerprint density at radius 1 is 1.43 bits per heavy atom. The van der Waals surface area contributed by atoms with E-state index in [1.165, 1.54) is 0 Å². The first-order chi connectivity index (χ1) is 6.62. The van der Waals surface area contributed by atoms with Crippen molar-refractivity contribution in [2.24, 2.45) is 0 Å². The molecule has 6 heteroatoms. The molecule has 0 amide bonds. The molecule has 0 saturated carbocycles. The smallest absolute Gasteiger partial charge is 0.153 e. The molecule has 5 nitrogen and oxygen atoms in total. The molecule has 0 aromatic rings. The minimum Gasteiger partial charge on any atom is -0.395 e. The van der Waals surface area contributed by atoms with E-state index in [4.69, 9.17) is 5.11 Å². The zero-order valence-electron chi connectivity index (χ0n) is 8.02. The largest absolute Gasteiger partial charge is 0.395 e. The molecule has 2 rings (SSSR count). The normalized spacial score (nSPS) is 36.9. The average molecular weight is 220 g/mol. The van der Waals surface area contributed by atoms with Crippen LogP contribution in [0.2, 0.25) is 0 Å². The molecule has 2 N–H and O–H groups in total. The van der Waals surface area contributed by atoms with Gasteiger partial charge in [-0.1, -0.05) is 0 Å². The van der Waals surface area contributed by atoms with Crippen LogP contribution in [0.3, 0.4) is 0 Å². The summed E-state index contributed by atoms with van der Waals surface area (Å²) in [5.74, 6) is 0.490. The van der Waals surface area contributed by atoms with Crippen LogP contribution in [0, 0.1) is 0 Å². The third kappa shape index (κ3) is 1.93. The van der Waals surface area contributed by atoms with Gasteiger partial charge in [-0.15, -0.1) is 0 Å². The average Bonchev–Trinajstić information content (AvgIpc) is 2.41. The summed E-state index contributed by atoms with van der Waals surface area (Å²) in [7, 11) is -2.87. The Morgan fingerprint density at radius 3 is 2.93 bits per heavy atom. The van der Waals surface area contributed by atoms with E-state index in [0.29, 0.717) is 6.54 Å². The number of nitrogens with zero attached hydrogens (tertiary/aromatic N) is 1. The maximum absolute atomic E-state index is 11.4. The highest BCUT2D eigenvalue weighted by Gasteiger charge is 2.42. The highest BCUT2D eigenvalue weighted by atomic mass is 32.2. The summed E-state index contributed by atoms with van der Waals surface area (Å²) in [6, 6.07) is 0.140. The Balaban J connectivity index is 2.10. The van der Waals surface area contributed by atoms with Crippen molar-refractivity contribution in [1.82, 2.24) is 10.2 Å². The molecule has 2 heterocycles. The van der Waals surface area contributed by atoms with E-state index in [0.717, 1.165) is 13.1 Å². The quantitative estimate of drug-likeness (QED) is 0.566. The fourth-order valence-electron chi connectivity index (χ4n) is 2.35. The van der Waals surface area contributed by atoms with Crippen LogP contribution in [0.25, 0.3) is 0 Å². The van der Waals surface area contributed by atoms with Gasteiger partial charge in [0.1, 0.15) is 0 Å². The van der Waals surface area contributed by atoms with Crippen molar-refractivity contribution in [2.45, 2.75) is 12.1 Å². The van der Waals surface area contributed by atoms with Gasteiger partial charge in [0.2, 0.25) is 0 Å². The first kappa shape index (κ1) is 10.4. The minimum absolute atomic E-state index is 0.0697. The van der Waals surface area contributed by atoms with Crippen molar-refractivity contribution in [2.75, 3.05) is 37.7 Å². The van der Waals surface area contributed by atoms with Crippen LogP contribution in [0.15, 0.2) is 0 Å². The van der Waals surface area contributed by atoms with Gasteiger partial charge in [-0.2, -0.15) is 0 Å². The Kier molecular flexibility index (Phi) is 2.79. The molecule has 0 aromatic heterocycles. The topological polar surface area (TPSA) is 69.6 Å². The Bertz CT molecular complexity index is 302. The lowest BCUT2D eigenvalue weighted by atomic mass is 10.1. The molecule has 2 saturated heterocycles. The van der Waals surface area contributed by atoms with Crippen LogP contribution in [-0.2, 0) is 9.84 Å². The lowest BCUT2D eigenvalue weighted by molar-refractivity contribution is 0.119. The Labute approximate surface area is 84.0 Å². The van der Waals surface area contributed by atoms with Gasteiger partial charge in [0.25, 0.3) is 0 Å². The number of rotatable bonds is 2. The number of fused-ring (bicyclic) bond motifs is 1. The van der Waals surface area contributed by atoms with Crippen LogP contribution in [-0.4, -0.2) is 68.3 Å². The molecule has 2 atom stereocenters. The Hall–Kier alpha value is -0.170. The fourth-order valence-corrected chi connectivity index (χ4v) is 4.34. The predicted octanol–water partition coefficient (Wildman–Crippen LogP) is -1.95. The summed E-state index contributed by atoms with van der Waals surface area (Å²) >= 11 is 0. The molecule has 82 valence electrons. The highest BCUT2D eigenvalue weighted by Crippen LogP contribution is 2.20. The van der Waals surface area contributed by atoms with Gasteiger partial charge in [-0.05, 0) is 0 Å². The predicted molar refractivity (Wildman–Crippen MR) is 52.9 cm³/mol. The summed E-state index contributed by atoms with van der Waals surface area (Å²) < 4.78 is 22.8. The number of sulfone groups is 1. The van der Waals surface area contributed by atoms with Crippen molar-refractivity contribution >= 4 is 9.84 Å². The summed E-state index contributed by atoms with van der Waals surface area (Å²) in [6.45, 7) is 2.33. The standard InChI is InChI=1S/C8H16N2O3S/c11-4-3-10-2-1-9-7-5-14(12,13)6-8(7)10/h7-9,11H,1-6H2/t7-,8-/m1/s1. The van der Waals surface area contributed by atoms with Gasteiger partial charge in [-0.3, -0.25) is 4.90 Å². The second-order valence-corrected chi connectivity index (χ2v) is 6.12. The molecular weight excluding hydrogens is 204 g/mol. The van der Waals surface area contributed by atoms with Crippen molar-refractivity contribution in [1.29, 1.82) is 0 Å². The van der Waals surface area contributed by atoms with Gasteiger partial charge in [0.15, 0.2) is 9.84 Å². The van der Waals surface area contributed by atoms with Crippen molar-refractivity contribution in [3.05, 3.63) is 0 Å². The van der Waals surface area contributed by atoms with Crippen LogP contribution >= 0.6 is 0 Å². The van der Waals surface area contributed by atoms with Crippen LogP contribution in [0.1, 0.15) is 0 Å². The summed E-state index contributed by atoms with van der Waals surface area (Å²) in [4.78, 5) is 2.08. The third-order valence-electron chi connectivity index (χ3n) is 2.98. The van der Waals surface area contributed by atoms with Crippen LogP contribution in [0.4, 0.5) is 0 Å². The Morgan fingerprint density at radius 2 is 2.21 bits per heavy atom. The number of hydrogen-bond acceptors (Lipinski definition) is 5. The van der Waals surface area contributed by atoms with Crippen molar-refractivity contribution < 1.29 is 13.5 Å². The number of piperazine rings is 1. The van der Waals surface area contributed by atoms with E-state index >= 15 is 0 Å². The fraction of sp³-hybridized carbons (Fsp3) is 1.00. The number of β-amino-alcohol motifs (C(OH)–C–C–N with tert-alkyl or cyclic N) is 1. The van der Waals surface area contributed by atoms with Gasteiger partial charge in [-0.25, -0.2) is 8.42 Å². The molecule has 2 aliphatic heterocycles. The number of aliphatic hydroxyl groups excluding tert-OH is 1. The zero-order chi connectivity index (χ0) is 10.2. The maximum atomic E-state index is 11.4. The SMILES string of the molecule is O=S1(=O)C[C@@H]2[C@@H](C1)NCCN2CCO. The maximum Gasteiger partial charge on any atom is 0.153 e. The van der Waals surface area contributed by atoms with Gasteiger partial charge in [0.05, 0.1) is 18.1 Å². The van der Waals surface area contributed by atoms with E-state index in [9.17, 15) is 8.42 Å². The van der Waals surface area contributed by atoms with E-state index in [2.05, 4.69) is 10.2 Å². The second-order valence-electron chi connectivity index (χ2n) is 3.96. The molecule has 2 fully saturated rings. The summed E-state index contributed by atoms with van der Waals surface area (Å²) in [5.41, 5.74) is 0. The monoisotopic (exact) mass is 220 g/mol. The highest BCUT2D eigenvalue weighted by molar-refractivity contribution is 7.91. The molecule has 0 aliphatic carbocycles. The van der Waals surface area contributed by atoms with Gasteiger partial charge >= 0.3 is 0 Å². The van der Waals surface area contributed by atoms with E-state index in [1.807, 2.05) is 0 Å². The van der Waals surface area contributed by atoms with Gasteiger partial charge in [0, 0.05) is 31.7 Å². The molecule has 0 aromatic carbocycles. The summed E-state index contributed by atoms with van der Waals surface area (Å²) in [5, 5.41) is 12.1. The molecule has 0 bridgehead atoms. The first-order valence-corrected chi connectivity index (χ1v) is 6.73. The number of aliphatic hydroxyl groups is 1. The third-order valence-corrected chi connectivity index (χ3v) is 4.70. The molecule has 14 heavy (non-hydrogen) atoms. The molecule has 2 aliphatic rings. The minimum atomic E-state index is -2.87. The molecule has 0 radical (unpaired) electrons. The first-order valence-electron chi connectivity index (χ1n) is 4.91. The summed E-state index contributed by atoms with van der Waals surface area (Å²) in [6.07, 6.45) is 0. The lowest BCUT2D eigenvalue weighted by Crippen LogP contribution is -2.57. The lowest BCUT2D eigenvalue weighted by Gasteiger charge is -2.36. The van der Waals surface area contributed by atoms with E-state index < -0.39 is 9.84 Å². The molecule has 0 unspecified atom stereocenters.